The lowest BCUT2D eigenvalue weighted by molar-refractivity contribution is -0.786. The van der Waals surface area contributed by atoms with Crippen molar-refractivity contribution in [2.45, 2.75) is 13.1 Å². The third-order valence-corrected chi connectivity index (χ3v) is 11.9. The van der Waals surface area contributed by atoms with Gasteiger partial charge in [0, 0.05) is 12.3 Å². The van der Waals surface area contributed by atoms with Crippen molar-refractivity contribution in [2.24, 2.45) is 0 Å². The molecule has 5 rings (SSSR count). The molecule has 0 saturated carbocycles. The number of rotatable bonds is 7. The van der Waals surface area contributed by atoms with E-state index in [0.717, 1.165) is 13.1 Å². The van der Waals surface area contributed by atoms with Crippen molar-refractivity contribution in [1.29, 1.82) is 0 Å². The first kappa shape index (κ1) is 45.7. The summed E-state index contributed by atoms with van der Waals surface area (Å²) in [5.41, 5.74) is -12.5. The Morgan fingerprint density at radius 2 is 0.603 bits per heavy atom. The first-order chi connectivity index (χ1) is 26.8. The van der Waals surface area contributed by atoms with Crippen molar-refractivity contribution < 1.29 is 92.7 Å². The summed E-state index contributed by atoms with van der Waals surface area (Å²) in [6.07, 6.45) is -7.12. The van der Waals surface area contributed by atoms with Crippen molar-refractivity contribution >= 4 is 47.2 Å². The van der Waals surface area contributed by atoms with Gasteiger partial charge in [0.25, 0.3) is 0 Å². The largest absolute Gasteiger partial charge is 0.416 e. The van der Waals surface area contributed by atoms with Crippen molar-refractivity contribution in [2.75, 3.05) is 21.2 Å². The minimum absolute atomic E-state index is 0.682. The van der Waals surface area contributed by atoms with E-state index in [9.17, 15) is 39.5 Å². The fourth-order valence-corrected chi connectivity index (χ4v) is 7.78. The molecule has 1 N–H and O–H groups in total. The summed E-state index contributed by atoms with van der Waals surface area (Å²) >= 11 is 0. The van der Waals surface area contributed by atoms with Gasteiger partial charge in [-0.1, -0.05) is 18.2 Å². The van der Waals surface area contributed by atoms with E-state index in [2.05, 4.69) is 38.4 Å². The average Bonchev–Trinajstić information content (AvgIpc) is 3.19. The quantitative estimate of drug-likeness (QED) is 0.0888. The fourth-order valence-electron chi connectivity index (χ4n) is 6.30. The molecule has 0 spiro atoms. The first-order valence-electron chi connectivity index (χ1n) is 15.8. The zero-order chi connectivity index (χ0) is 44.3. The number of quaternary nitrogens is 1. The molecule has 0 heterocycles. The third kappa shape index (κ3) is 6.88. The van der Waals surface area contributed by atoms with Crippen LogP contribution >= 0.6 is 0 Å². The molecular weight excluding hydrogens is 850 g/mol. The molecule has 0 aliphatic heterocycles. The molecular formula is C35H21BF19NOSi. The maximum Gasteiger partial charge on any atom is 0.224 e. The van der Waals surface area contributed by atoms with E-state index in [4.69, 9.17) is 4.43 Å². The lowest BCUT2D eigenvalue weighted by Crippen LogP contribution is -3.00. The van der Waals surface area contributed by atoms with Crippen molar-refractivity contribution in [3.63, 3.8) is 0 Å². The molecule has 23 heteroatoms. The Morgan fingerprint density at radius 1 is 0.379 bits per heavy atom. The van der Waals surface area contributed by atoms with E-state index in [0.29, 0.717) is 7.11 Å². The van der Waals surface area contributed by atoms with E-state index in [-0.39, 0.29) is 0 Å². The minimum atomic E-state index is -7.12. The predicted octanol–water partition coefficient (Wildman–Crippen LogP) is 6.23. The highest BCUT2D eigenvalue weighted by Crippen LogP contribution is 2.30. The number of hydrogen-bond donors (Lipinski definition) is 1. The van der Waals surface area contributed by atoms with Gasteiger partial charge in [0.1, 0.15) is 58.4 Å². The van der Waals surface area contributed by atoms with Crippen molar-refractivity contribution in [3.8, 4) is 0 Å². The van der Waals surface area contributed by atoms with Crippen LogP contribution in [0.4, 0.5) is 89.1 Å². The Kier molecular flexibility index (Phi) is 12.8. The normalized spacial score (nSPS) is 12.0. The Bertz CT molecular complexity index is 2180. The number of nitrogens with one attached hydrogen (secondary N) is 1. The molecule has 0 saturated heterocycles. The molecule has 0 aliphatic carbocycles. The molecule has 0 fully saturated rings. The summed E-state index contributed by atoms with van der Waals surface area (Å²) in [4.78, 5) is 1.37. The van der Waals surface area contributed by atoms with E-state index in [1.165, 1.54) is 10.6 Å². The third-order valence-electron chi connectivity index (χ3n) is 9.22. The van der Waals surface area contributed by atoms with Gasteiger partial charge in [-0.3, -0.25) is 0 Å². The van der Waals surface area contributed by atoms with E-state index < -0.39 is 152 Å². The second-order valence-electron chi connectivity index (χ2n) is 12.9. The maximum absolute atomic E-state index is 16.2. The maximum atomic E-state index is 16.2. The highest BCUT2D eigenvalue weighted by molar-refractivity contribution is 7.20. The van der Waals surface area contributed by atoms with Gasteiger partial charge in [-0.05, 0) is 25.2 Å². The van der Waals surface area contributed by atoms with Crippen LogP contribution in [0.25, 0.3) is 0 Å². The molecule has 0 aliphatic rings. The van der Waals surface area contributed by atoms with Gasteiger partial charge in [-0.15, -0.1) is 21.9 Å². The van der Waals surface area contributed by atoms with Crippen LogP contribution in [0.1, 0.15) is 0 Å². The van der Waals surface area contributed by atoms with Crippen LogP contribution in [0.15, 0.2) is 30.3 Å². The van der Waals surface area contributed by atoms with Gasteiger partial charge in [0.05, 0.1) is 14.1 Å². The van der Waals surface area contributed by atoms with E-state index >= 15 is 43.9 Å². The summed E-state index contributed by atoms with van der Waals surface area (Å²) < 4.78 is 293. The Balaban J connectivity index is 0.000000727. The van der Waals surface area contributed by atoms with Crippen LogP contribution in [0.2, 0.25) is 13.1 Å². The van der Waals surface area contributed by atoms with Crippen LogP contribution in [0, 0.1) is 111 Å². The fraction of sp³-hybridized carbons (Fsp3) is 0.143. The second-order valence-corrected chi connectivity index (χ2v) is 16.9. The summed E-state index contributed by atoms with van der Waals surface area (Å²) in [7, 11) is 0.580. The lowest BCUT2D eigenvalue weighted by atomic mass is 9.12. The molecule has 0 bridgehead atoms. The molecule has 312 valence electrons. The molecule has 0 atom stereocenters. The van der Waals surface area contributed by atoms with Gasteiger partial charge in [-0.2, -0.15) is 0 Å². The topological polar surface area (TPSA) is 13.7 Å². The summed E-state index contributed by atoms with van der Waals surface area (Å²) in [5, 5.41) is -1.81. The van der Waals surface area contributed by atoms with Gasteiger partial charge >= 0.3 is 0 Å². The molecule has 5 aromatic rings. The molecule has 5 aromatic carbocycles. The predicted molar refractivity (Wildman–Crippen MR) is 172 cm³/mol. The molecule has 0 radical (unpaired) electrons. The zero-order valence-electron chi connectivity index (χ0n) is 29.6. The summed E-state index contributed by atoms with van der Waals surface area (Å²) in [6, 6.07) is 10.4. The number of para-hydroxylation sites is 1. The molecule has 0 amide bonds. The Hall–Kier alpha value is -5.03. The van der Waals surface area contributed by atoms with Crippen LogP contribution in [0.3, 0.4) is 0 Å². The van der Waals surface area contributed by atoms with E-state index in [1.807, 2.05) is 6.07 Å². The number of hydrogen-bond acceptors (Lipinski definition) is 1. The minimum Gasteiger partial charge on any atom is -0.416 e. The average molecular weight is 871 g/mol. The Morgan fingerprint density at radius 3 is 0.810 bits per heavy atom. The van der Waals surface area contributed by atoms with Crippen LogP contribution in [-0.4, -0.2) is 35.7 Å². The molecule has 0 aromatic heterocycles. The lowest BCUT2D eigenvalue weighted by Gasteiger charge is -2.45. The van der Waals surface area contributed by atoms with Crippen LogP contribution in [-0.2, 0) is 4.43 Å². The van der Waals surface area contributed by atoms with Crippen molar-refractivity contribution in [1.82, 2.24) is 0 Å². The number of benzene rings is 5. The summed E-state index contributed by atoms with van der Waals surface area (Å²) in [6.45, 7) is 1.53. The van der Waals surface area contributed by atoms with Crippen LogP contribution < -0.4 is 31.9 Å². The molecule has 2 nitrogen and oxygen atoms in total. The SMILES string of the molecule is CO[Si](C)(C)c1c(F)c(F)c([B-](c2c(F)c(F)c(F)c(F)c2F)(c2c(F)c(F)c(F)c(F)c2F)c2c(F)c(F)c(F)c(F)c2F)c(F)c1F.C[NH+](C)c1ccccc1. The van der Waals surface area contributed by atoms with Gasteiger partial charge < -0.3 is 9.33 Å². The highest BCUT2D eigenvalue weighted by atomic mass is 28.4. The highest BCUT2D eigenvalue weighted by Gasteiger charge is 2.53. The van der Waals surface area contributed by atoms with Gasteiger partial charge in [0.15, 0.2) is 64.0 Å². The molecule has 58 heavy (non-hydrogen) atoms. The van der Waals surface area contributed by atoms with E-state index in [1.54, 1.807) is 0 Å². The zero-order valence-corrected chi connectivity index (χ0v) is 30.6. The van der Waals surface area contributed by atoms with Gasteiger partial charge in [-0.25, -0.2) is 83.4 Å². The Labute approximate surface area is 315 Å². The van der Waals surface area contributed by atoms with Gasteiger partial charge in [0.2, 0.25) is 8.32 Å². The monoisotopic (exact) mass is 871 g/mol. The second kappa shape index (κ2) is 16.3. The number of halogens is 19. The molecule has 0 unspecified atom stereocenters. The van der Waals surface area contributed by atoms with Crippen molar-refractivity contribution in [3.05, 3.63) is 141 Å². The first-order valence-corrected chi connectivity index (χ1v) is 18.7. The standard InChI is InChI=1S/C27H9BF19OSi.C8H11N/c1-48-49(2,3)27-25(46)14(35)7(15(36)26(27)47)28(4-8(29)16(37)22(43)17(38)9(4)30,5-10(31)18(39)23(44)19(40)11(5)32)6-12(33)20(41)24(45)21(42)13(6)34;1-9(2)8-6-4-3-5-7-8/h1-3H3;3-7H,1-2H3/q-1;/p+1. The summed E-state index contributed by atoms with van der Waals surface area (Å²) in [5.74, 6) is -65.1. The van der Waals surface area contributed by atoms with Crippen LogP contribution in [0.5, 0.6) is 0 Å². The smallest absolute Gasteiger partial charge is 0.224 e.